The molecule has 2 saturated heterocycles. The van der Waals surface area contributed by atoms with Crippen molar-refractivity contribution in [1.82, 2.24) is 15.1 Å². The monoisotopic (exact) mass is 428 g/mol. The lowest BCUT2D eigenvalue weighted by atomic mass is 9.98. The lowest BCUT2D eigenvalue weighted by Gasteiger charge is -2.48. The van der Waals surface area contributed by atoms with E-state index < -0.39 is 5.66 Å². The second kappa shape index (κ2) is 8.59. The molecule has 3 aliphatic heterocycles. The van der Waals surface area contributed by atoms with E-state index >= 15 is 0 Å². The molecule has 8 heteroatoms. The van der Waals surface area contributed by atoms with E-state index in [1.54, 1.807) is 28.0 Å². The molecule has 168 valence electrons. The van der Waals surface area contributed by atoms with E-state index in [0.29, 0.717) is 43.2 Å². The zero-order valence-electron chi connectivity index (χ0n) is 18.6. The van der Waals surface area contributed by atoms with Crippen molar-refractivity contribution < 1.29 is 19.1 Å². The zero-order chi connectivity index (χ0) is 22.2. The second-order valence-electron chi connectivity index (χ2n) is 9.30. The van der Waals surface area contributed by atoms with E-state index in [1.807, 2.05) is 13.0 Å². The van der Waals surface area contributed by atoms with Crippen molar-refractivity contribution in [3.63, 3.8) is 0 Å². The molecular weight excluding hydrogens is 396 g/mol. The Balaban J connectivity index is 1.42. The van der Waals surface area contributed by atoms with Gasteiger partial charge in [-0.15, -0.1) is 0 Å². The first-order chi connectivity index (χ1) is 14.8. The summed E-state index contributed by atoms with van der Waals surface area (Å²) in [6, 6.07) is 7.12. The van der Waals surface area contributed by atoms with Gasteiger partial charge in [-0.1, -0.05) is 26.0 Å². The van der Waals surface area contributed by atoms with E-state index in [-0.39, 0.29) is 30.4 Å². The highest BCUT2D eigenvalue weighted by molar-refractivity contribution is 6.11. The first-order valence-corrected chi connectivity index (χ1v) is 11.1. The molecule has 4 rings (SSSR count). The molecule has 3 aliphatic rings. The van der Waals surface area contributed by atoms with Crippen LogP contribution in [0.1, 0.15) is 44.0 Å². The van der Waals surface area contributed by atoms with Crippen LogP contribution in [0.2, 0.25) is 0 Å². The number of morpholine rings is 1. The molecule has 3 amide bonds. The molecule has 31 heavy (non-hydrogen) atoms. The number of hydrogen-bond donors (Lipinski definition) is 1. The molecule has 1 N–H and O–H groups in total. The highest BCUT2D eigenvalue weighted by Crippen LogP contribution is 2.43. The number of nitrogens with zero attached hydrogens (tertiary/aromatic N) is 3. The summed E-state index contributed by atoms with van der Waals surface area (Å²) in [6.45, 7) is 9.94. The van der Waals surface area contributed by atoms with E-state index in [0.717, 1.165) is 19.6 Å². The van der Waals surface area contributed by atoms with E-state index in [9.17, 15) is 14.4 Å². The van der Waals surface area contributed by atoms with Gasteiger partial charge in [-0.25, -0.2) is 0 Å². The topological polar surface area (TPSA) is 82.2 Å². The summed E-state index contributed by atoms with van der Waals surface area (Å²) in [6.07, 6.45) is 0.807. The number of fused-ring (bicyclic) bond motifs is 3. The zero-order valence-corrected chi connectivity index (χ0v) is 18.6. The Morgan fingerprint density at radius 1 is 1.29 bits per heavy atom. The summed E-state index contributed by atoms with van der Waals surface area (Å²) in [7, 11) is 0. The quantitative estimate of drug-likeness (QED) is 0.742. The van der Waals surface area contributed by atoms with Gasteiger partial charge in [0.15, 0.2) is 0 Å². The predicted molar refractivity (Wildman–Crippen MR) is 117 cm³/mol. The van der Waals surface area contributed by atoms with Gasteiger partial charge in [0.25, 0.3) is 5.91 Å². The Morgan fingerprint density at radius 3 is 2.84 bits per heavy atom. The van der Waals surface area contributed by atoms with Gasteiger partial charge < -0.3 is 15.0 Å². The van der Waals surface area contributed by atoms with Crippen molar-refractivity contribution in [3.8, 4) is 0 Å². The van der Waals surface area contributed by atoms with Crippen molar-refractivity contribution in [2.45, 2.75) is 45.4 Å². The maximum Gasteiger partial charge on any atom is 0.258 e. The fourth-order valence-corrected chi connectivity index (χ4v) is 4.95. The molecule has 1 aromatic rings. The fraction of sp³-hybridized carbons (Fsp3) is 0.609. The van der Waals surface area contributed by atoms with Gasteiger partial charge in [0, 0.05) is 32.6 Å². The molecule has 0 spiro atoms. The molecule has 0 saturated carbocycles. The van der Waals surface area contributed by atoms with Crippen LogP contribution in [0.15, 0.2) is 24.3 Å². The molecule has 0 aliphatic carbocycles. The fourth-order valence-electron chi connectivity index (χ4n) is 4.95. The maximum absolute atomic E-state index is 13.2. The van der Waals surface area contributed by atoms with E-state index in [4.69, 9.17) is 4.74 Å². The van der Waals surface area contributed by atoms with Crippen LogP contribution in [0.5, 0.6) is 0 Å². The minimum absolute atomic E-state index is 0.0197. The van der Waals surface area contributed by atoms with Crippen LogP contribution in [0.25, 0.3) is 0 Å². The number of anilines is 1. The Morgan fingerprint density at radius 2 is 2.06 bits per heavy atom. The lowest BCUT2D eigenvalue weighted by molar-refractivity contribution is -0.125. The van der Waals surface area contributed by atoms with Crippen LogP contribution < -0.4 is 10.2 Å². The number of rotatable bonds is 6. The van der Waals surface area contributed by atoms with E-state index in [2.05, 4.69) is 24.1 Å². The number of benzene rings is 1. The van der Waals surface area contributed by atoms with Crippen LogP contribution in [0, 0.1) is 5.92 Å². The SMILES string of the molecule is CC(C)CN1CCOC(CNC(=O)CN2C(=O)c3ccccc3N3C(=O)CCC23C)C1. The molecular formula is C23H32N4O4. The number of hydrogen-bond acceptors (Lipinski definition) is 5. The van der Waals surface area contributed by atoms with Gasteiger partial charge >= 0.3 is 0 Å². The molecule has 2 fully saturated rings. The molecule has 8 nitrogen and oxygen atoms in total. The number of carbonyl (C=O) groups is 3. The molecule has 2 atom stereocenters. The van der Waals surface area contributed by atoms with Gasteiger partial charge in [-0.2, -0.15) is 0 Å². The largest absolute Gasteiger partial charge is 0.374 e. The van der Waals surface area contributed by atoms with Crippen molar-refractivity contribution in [3.05, 3.63) is 29.8 Å². The average Bonchev–Trinajstić information content (AvgIpc) is 3.05. The summed E-state index contributed by atoms with van der Waals surface area (Å²) >= 11 is 0. The predicted octanol–water partition coefficient (Wildman–Crippen LogP) is 1.46. The van der Waals surface area contributed by atoms with Gasteiger partial charge in [0.2, 0.25) is 11.8 Å². The highest BCUT2D eigenvalue weighted by atomic mass is 16.5. The Bertz CT molecular complexity index is 873. The first kappa shape index (κ1) is 21.8. The normalized spacial score (nSPS) is 26.3. The molecule has 2 unspecified atom stereocenters. The van der Waals surface area contributed by atoms with Gasteiger partial charge in [0.1, 0.15) is 12.2 Å². The minimum atomic E-state index is -0.824. The number of ether oxygens (including phenoxy) is 1. The average molecular weight is 429 g/mol. The third-order valence-corrected chi connectivity index (χ3v) is 6.42. The van der Waals surface area contributed by atoms with Crippen molar-refractivity contribution >= 4 is 23.4 Å². The number of para-hydroxylation sites is 1. The van der Waals surface area contributed by atoms with Crippen LogP contribution >= 0.6 is 0 Å². The summed E-state index contributed by atoms with van der Waals surface area (Å²) in [4.78, 5) is 44.3. The standard InChI is InChI=1S/C23H32N4O4/c1-16(2)13-25-10-11-31-17(14-25)12-24-20(28)15-26-22(30)18-6-4-5-7-19(18)27-21(29)8-9-23(26,27)3/h4-7,16-17H,8-15H2,1-3H3,(H,24,28). The summed E-state index contributed by atoms with van der Waals surface area (Å²) in [5, 5.41) is 2.94. The number of nitrogens with one attached hydrogen (secondary N) is 1. The van der Waals surface area contributed by atoms with Crippen molar-refractivity contribution in [2.75, 3.05) is 44.2 Å². The summed E-state index contributed by atoms with van der Waals surface area (Å²) < 4.78 is 5.81. The van der Waals surface area contributed by atoms with Crippen LogP contribution in [-0.2, 0) is 14.3 Å². The smallest absolute Gasteiger partial charge is 0.258 e. The summed E-state index contributed by atoms with van der Waals surface area (Å²) in [5.41, 5.74) is 0.271. The Labute approximate surface area is 183 Å². The molecule has 3 heterocycles. The van der Waals surface area contributed by atoms with Crippen LogP contribution in [0.3, 0.4) is 0 Å². The minimum Gasteiger partial charge on any atom is -0.374 e. The lowest BCUT2D eigenvalue weighted by Crippen LogP contribution is -2.64. The highest BCUT2D eigenvalue weighted by Gasteiger charge is 2.53. The Hall–Kier alpha value is -2.45. The van der Waals surface area contributed by atoms with Crippen molar-refractivity contribution in [2.24, 2.45) is 5.92 Å². The summed E-state index contributed by atoms with van der Waals surface area (Å²) in [5.74, 6) is 0.113. The van der Waals surface area contributed by atoms with E-state index in [1.165, 1.54) is 0 Å². The maximum atomic E-state index is 13.2. The second-order valence-corrected chi connectivity index (χ2v) is 9.30. The third kappa shape index (κ3) is 4.19. The molecule has 0 radical (unpaired) electrons. The molecule has 0 bridgehead atoms. The first-order valence-electron chi connectivity index (χ1n) is 11.1. The number of amides is 3. The van der Waals surface area contributed by atoms with Gasteiger partial charge in [-0.05, 0) is 31.4 Å². The van der Waals surface area contributed by atoms with Gasteiger partial charge in [0.05, 0.1) is 24.0 Å². The Kier molecular flexibility index (Phi) is 6.03. The van der Waals surface area contributed by atoms with Crippen LogP contribution in [-0.4, -0.2) is 78.6 Å². The van der Waals surface area contributed by atoms with Crippen molar-refractivity contribution in [1.29, 1.82) is 0 Å². The number of carbonyl (C=O) groups excluding carboxylic acids is 3. The molecule has 1 aromatic carbocycles. The third-order valence-electron chi connectivity index (χ3n) is 6.42. The molecule has 0 aromatic heterocycles. The van der Waals surface area contributed by atoms with Gasteiger partial charge in [-0.3, -0.25) is 24.2 Å². The van der Waals surface area contributed by atoms with Crippen LogP contribution in [0.4, 0.5) is 5.69 Å².